The molecular formula is C30H46N4O5S. The number of hydrogen-bond acceptors (Lipinski definition) is 6. The third-order valence-electron chi connectivity index (χ3n) is 8.13. The average molecular weight is 575 g/mol. The van der Waals surface area contributed by atoms with Crippen molar-refractivity contribution in [1.82, 2.24) is 20.9 Å². The number of ether oxygens (including phenoxy) is 1. The normalized spacial score (nSPS) is 24.8. The molecule has 0 aliphatic carbocycles. The Labute approximate surface area is 244 Å². The SMILES string of the molecule is CCC(C)[C@@H]1NC(=O)[C@@H](Cc2ccc(OC)cc2)NC(=O)[C@H](CCCCCCCS)NC(=O)[C@H]2CCCN2C1=O. The van der Waals surface area contributed by atoms with E-state index in [9.17, 15) is 19.2 Å². The van der Waals surface area contributed by atoms with Crippen LogP contribution in [0, 0.1) is 5.92 Å². The van der Waals surface area contributed by atoms with E-state index in [1.54, 1.807) is 24.1 Å². The highest BCUT2D eigenvalue weighted by atomic mass is 32.1. The van der Waals surface area contributed by atoms with Gasteiger partial charge in [-0.2, -0.15) is 12.6 Å². The molecule has 0 radical (unpaired) electrons. The molecule has 3 N–H and O–H groups in total. The molecule has 222 valence electrons. The second-order valence-corrected chi connectivity index (χ2v) is 11.5. The molecule has 2 heterocycles. The van der Waals surface area contributed by atoms with Gasteiger partial charge in [0.25, 0.3) is 0 Å². The van der Waals surface area contributed by atoms with Crippen molar-refractivity contribution in [3.05, 3.63) is 29.8 Å². The zero-order chi connectivity index (χ0) is 29.1. The van der Waals surface area contributed by atoms with E-state index in [2.05, 4.69) is 28.6 Å². The van der Waals surface area contributed by atoms with Crippen molar-refractivity contribution in [3.8, 4) is 5.75 Å². The summed E-state index contributed by atoms with van der Waals surface area (Å²) in [7, 11) is 1.58. The van der Waals surface area contributed by atoms with Crippen molar-refractivity contribution in [2.24, 2.45) is 5.92 Å². The number of nitrogens with one attached hydrogen (secondary N) is 3. The van der Waals surface area contributed by atoms with E-state index in [1.165, 1.54) is 0 Å². The first-order valence-electron chi connectivity index (χ1n) is 14.7. The fourth-order valence-corrected chi connectivity index (χ4v) is 5.65. The van der Waals surface area contributed by atoms with Crippen LogP contribution in [0.25, 0.3) is 0 Å². The molecule has 1 aromatic rings. The van der Waals surface area contributed by atoms with Gasteiger partial charge in [-0.15, -0.1) is 0 Å². The molecule has 2 aliphatic heterocycles. The number of carbonyl (C=O) groups excluding carboxylic acids is 4. The molecule has 0 aromatic heterocycles. The Hall–Kier alpha value is -2.75. The summed E-state index contributed by atoms with van der Waals surface area (Å²) in [4.78, 5) is 56.1. The number of amides is 4. The van der Waals surface area contributed by atoms with Crippen LogP contribution in [-0.4, -0.2) is 72.1 Å². The Balaban J connectivity index is 1.88. The predicted molar refractivity (Wildman–Crippen MR) is 158 cm³/mol. The van der Waals surface area contributed by atoms with Crippen LogP contribution in [0.4, 0.5) is 0 Å². The van der Waals surface area contributed by atoms with Crippen molar-refractivity contribution in [3.63, 3.8) is 0 Å². The maximum absolute atomic E-state index is 13.7. The molecular weight excluding hydrogens is 528 g/mol. The summed E-state index contributed by atoms with van der Waals surface area (Å²) >= 11 is 4.26. The van der Waals surface area contributed by atoms with Crippen LogP contribution in [0.5, 0.6) is 5.75 Å². The zero-order valence-corrected chi connectivity index (χ0v) is 25.0. The van der Waals surface area contributed by atoms with Crippen molar-refractivity contribution in [1.29, 1.82) is 0 Å². The Morgan fingerprint density at radius 3 is 2.25 bits per heavy atom. The number of benzene rings is 1. The molecule has 1 unspecified atom stereocenters. The first-order chi connectivity index (χ1) is 19.3. The molecule has 3 rings (SSSR count). The quantitative estimate of drug-likeness (QED) is 0.226. The third kappa shape index (κ3) is 8.62. The number of hydrogen-bond donors (Lipinski definition) is 4. The largest absolute Gasteiger partial charge is 0.497 e. The van der Waals surface area contributed by atoms with Crippen LogP contribution in [0.15, 0.2) is 24.3 Å². The highest BCUT2D eigenvalue weighted by Gasteiger charge is 2.41. The molecule has 0 spiro atoms. The molecule has 4 amide bonds. The Morgan fingerprint density at radius 2 is 1.57 bits per heavy atom. The van der Waals surface area contributed by atoms with Crippen LogP contribution in [0.2, 0.25) is 0 Å². The highest BCUT2D eigenvalue weighted by Crippen LogP contribution is 2.23. The summed E-state index contributed by atoms with van der Waals surface area (Å²) in [5, 5.41) is 8.81. The summed E-state index contributed by atoms with van der Waals surface area (Å²) in [6.07, 6.45) is 7.48. The fraction of sp³-hybridized carbons (Fsp3) is 0.667. The van der Waals surface area contributed by atoms with E-state index in [0.29, 0.717) is 38.0 Å². The molecule has 2 fully saturated rings. The molecule has 0 saturated carbocycles. The van der Waals surface area contributed by atoms with Crippen molar-refractivity contribution in [2.45, 2.75) is 102 Å². The maximum Gasteiger partial charge on any atom is 0.246 e. The van der Waals surface area contributed by atoms with Crippen LogP contribution in [-0.2, 0) is 25.6 Å². The highest BCUT2D eigenvalue weighted by molar-refractivity contribution is 7.80. The maximum atomic E-state index is 13.7. The van der Waals surface area contributed by atoms with Gasteiger partial charge in [0, 0.05) is 13.0 Å². The summed E-state index contributed by atoms with van der Waals surface area (Å²) in [6.45, 7) is 4.34. The van der Waals surface area contributed by atoms with E-state index in [1.807, 2.05) is 26.0 Å². The number of fused-ring (bicyclic) bond motifs is 1. The number of nitrogens with zero attached hydrogens (tertiary/aromatic N) is 1. The minimum Gasteiger partial charge on any atom is -0.497 e. The standard InChI is InChI=1S/C30H46N4O5S/c1-4-20(2)26-30(38)34-17-10-12-25(34)29(37)31-23(11-8-6-5-7-9-18-40)27(35)32-24(28(36)33-26)19-21-13-15-22(39-3)16-14-21/h13-16,20,23-26,40H,4-12,17-19H2,1-3H3,(H,31,37)(H,32,35)(H,33,36)/t20?,23-,24+,25+,26-/m0/s1. The van der Waals surface area contributed by atoms with Gasteiger partial charge in [-0.1, -0.05) is 58.1 Å². The van der Waals surface area contributed by atoms with Gasteiger partial charge in [-0.05, 0) is 55.1 Å². The van der Waals surface area contributed by atoms with Gasteiger partial charge in [0.15, 0.2) is 0 Å². The summed E-state index contributed by atoms with van der Waals surface area (Å²) in [5.74, 6) is 0.0726. The molecule has 0 bridgehead atoms. The smallest absolute Gasteiger partial charge is 0.246 e. The second-order valence-electron chi connectivity index (χ2n) is 11.0. The first kappa shape index (κ1) is 31.8. The van der Waals surface area contributed by atoms with Gasteiger partial charge in [0.1, 0.15) is 29.9 Å². The molecule has 2 aliphatic rings. The lowest BCUT2D eigenvalue weighted by Crippen LogP contribution is -2.62. The fourth-order valence-electron chi connectivity index (χ4n) is 5.42. The van der Waals surface area contributed by atoms with Crippen LogP contribution in [0.3, 0.4) is 0 Å². The number of carbonyl (C=O) groups is 4. The van der Waals surface area contributed by atoms with E-state index in [-0.39, 0.29) is 30.1 Å². The number of methoxy groups -OCH3 is 1. The van der Waals surface area contributed by atoms with Gasteiger partial charge < -0.3 is 25.6 Å². The van der Waals surface area contributed by atoms with E-state index < -0.39 is 30.1 Å². The van der Waals surface area contributed by atoms with Crippen LogP contribution in [0.1, 0.15) is 77.2 Å². The van der Waals surface area contributed by atoms with E-state index >= 15 is 0 Å². The molecule has 5 atom stereocenters. The Bertz CT molecular complexity index is 1000. The Morgan fingerprint density at radius 1 is 0.925 bits per heavy atom. The van der Waals surface area contributed by atoms with Crippen molar-refractivity contribution < 1.29 is 23.9 Å². The lowest BCUT2D eigenvalue weighted by Gasteiger charge is -2.34. The first-order valence-corrected chi connectivity index (χ1v) is 15.4. The van der Waals surface area contributed by atoms with Crippen molar-refractivity contribution >= 4 is 36.3 Å². The summed E-state index contributed by atoms with van der Waals surface area (Å²) in [5.41, 5.74) is 0.837. The number of rotatable bonds is 12. The van der Waals surface area contributed by atoms with E-state index in [0.717, 1.165) is 43.4 Å². The molecule has 1 aromatic carbocycles. The average Bonchev–Trinajstić information content (AvgIpc) is 3.46. The lowest BCUT2D eigenvalue weighted by molar-refractivity contribution is -0.144. The molecule has 9 nitrogen and oxygen atoms in total. The number of unbranched alkanes of at least 4 members (excludes halogenated alkanes) is 4. The van der Waals surface area contributed by atoms with Gasteiger partial charge in [-0.25, -0.2) is 0 Å². The van der Waals surface area contributed by atoms with Crippen molar-refractivity contribution in [2.75, 3.05) is 19.4 Å². The minimum absolute atomic E-state index is 0.142. The topological polar surface area (TPSA) is 117 Å². The predicted octanol–water partition coefficient (Wildman–Crippen LogP) is 3.01. The van der Waals surface area contributed by atoms with E-state index in [4.69, 9.17) is 4.74 Å². The van der Waals surface area contributed by atoms with Crippen LogP contribution < -0.4 is 20.7 Å². The zero-order valence-electron chi connectivity index (χ0n) is 24.1. The lowest BCUT2D eigenvalue weighted by atomic mass is 9.95. The van der Waals surface area contributed by atoms with Gasteiger partial charge in [-0.3, -0.25) is 19.2 Å². The molecule has 2 saturated heterocycles. The summed E-state index contributed by atoms with van der Waals surface area (Å²) < 4.78 is 5.25. The molecule has 40 heavy (non-hydrogen) atoms. The van der Waals surface area contributed by atoms with Gasteiger partial charge >= 0.3 is 0 Å². The van der Waals surface area contributed by atoms with Crippen LogP contribution >= 0.6 is 12.6 Å². The monoisotopic (exact) mass is 574 g/mol. The summed E-state index contributed by atoms with van der Waals surface area (Å²) in [6, 6.07) is 4.19. The second kappa shape index (κ2) is 15.9. The van der Waals surface area contributed by atoms with Gasteiger partial charge in [0.2, 0.25) is 23.6 Å². The molecule has 10 heteroatoms. The Kier molecular flexibility index (Phi) is 12.6. The number of thiol groups is 1. The minimum atomic E-state index is -0.913. The third-order valence-corrected chi connectivity index (χ3v) is 8.45. The van der Waals surface area contributed by atoms with Gasteiger partial charge in [0.05, 0.1) is 7.11 Å².